The third-order valence-electron chi connectivity index (χ3n) is 1.71. The van der Waals surface area contributed by atoms with Crippen molar-refractivity contribution in [1.29, 1.82) is 0 Å². The van der Waals surface area contributed by atoms with E-state index < -0.39 is 5.60 Å². The van der Waals surface area contributed by atoms with Crippen LogP contribution in [0.5, 0.6) is 0 Å². The average molecular weight is 296 g/mol. The van der Waals surface area contributed by atoms with Crippen molar-refractivity contribution in [3.63, 3.8) is 0 Å². The molecule has 5 nitrogen and oxygen atoms in total. The molecular formula is C10H22BrN3O2. The lowest BCUT2D eigenvalue weighted by molar-refractivity contribution is 0.0243. The minimum absolute atomic E-state index is 0.0546. The van der Waals surface area contributed by atoms with Gasteiger partial charge in [-0.15, -0.1) is 0 Å². The predicted molar refractivity (Wildman–Crippen MR) is 68.4 cm³/mol. The quantitative estimate of drug-likeness (QED) is 0.351. The van der Waals surface area contributed by atoms with Gasteiger partial charge in [0.15, 0.2) is 0 Å². The van der Waals surface area contributed by atoms with Crippen molar-refractivity contribution in [2.45, 2.75) is 38.2 Å². The van der Waals surface area contributed by atoms with Crippen LogP contribution in [0, 0.1) is 0 Å². The fourth-order valence-corrected chi connectivity index (χ4v) is 1.41. The van der Waals surface area contributed by atoms with Crippen LogP contribution in [0.1, 0.15) is 27.7 Å². The Balaban J connectivity index is 4.25. The average Bonchev–Trinajstić information content (AvgIpc) is 2.08. The number of nitrogens with zero attached hydrogens (tertiary/aromatic N) is 1. The fraction of sp³-hybridized carbons (Fsp3) is 0.900. The minimum Gasteiger partial charge on any atom is -0.444 e. The third kappa shape index (κ3) is 7.03. The van der Waals surface area contributed by atoms with Crippen LogP contribution >= 0.6 is 15.9 Å². The van der Waals surface area contributed by atoms with Crippen LogP contribution in [0.3, 0.4) is 0 Å². The first-order chi connectivity index (χ1) is 7.28. The predicted octanol–water partition coefficient (Wildman–Crippen LogP) is 1.69. The monoisotopic (exact) mass is 295 g/mol. The number of amides is 1. The number of hydrogen-bond acceptors (Lipinski definition) is 4. The molecule has 6 heteroatoms. The maximum absolute atomic E-state index is 11.8. The first kappa shape index (κ1) is 15.7. The molecule has 1 unspecified atom stereocenters. The Morgan fingerprint density at radius 1 is 1.50 bits per heavy atom. The number of carbonyl (C=O) groups excluding carboxylic acids is 1. The highest BCUT2D eigenvalue weighted by molar-refractivity contribution is 9.09. The normalized spacial score (nSPS) is 13.4. The zero-order valence-electron chi connectivity index (χ0n) is 10.6. The maximum atomic E-state index is 11.8. The van der Waals surface area contributed by atoms with Gasteiger partial charge < -0.3 is 4.74 Å². The SMILES string of the molecule is CNNCCN(C(=O)OC(C)(C)C)C(C)Br. The van der Waals surface area contributed by atoms with Crippen molar-refractivity contribution in [3.8, 4) is 0 Å². The fourth-order valence-electron chi connectivity index (χ4n) is 1.04. The van der Waals surface area contributed by atoms with E-state index in [-0.39, 0.29) is 11.0 Å². The van der Waals surface area contributed by atoms with E-state index >= 15 is 0 Å². The van der Waals surface area contributed by atoms with E-state index in [1.54, 1.807) is 11.9 Å². The van der Waals surface area contributed by atoms with Crippen LogP contribution in [0.2, 0.25) is 0 Å². The second kappa shape index (κ2) is 7.09. The van der Waals surface area contributed by atoms with Gasteiger partial charge in [0.2, 0.25) is 0 Å². The number of alkyl halides is 1. The van der Waals surface area contributed by atoms with E-state index in [9.17, 15) is 4.79 Å². The van der Waals surface area contributed by atoms with Gasteiger partial charge in [-0.25, -0.2) is 4.79 Å². The highest BCUT2D eigenvalue weighted by atomic mass is 79.9. The summed E-state index contributed by atoms with van der Waals surface area (Å²) in [4.78, 5) is 13.4. The lowest BCUT2D eigenvalue weighted by Crippen LogP contribution is -2.44. The molecule has 0 radical (unpaired) electrons. The number of ether oxygens (including phenoxy) is 1. The Morgan fingerprint density at radius 3 is 2.44 bits per heavy atom. The van der Waals surface area contributed by atoms with E-state index in [1.807, 2.05) is 27.7 Å². The van der Waals surface area contributed by atoms with E-state index in [0.29, 0.717) is 13.1 Å². The Labute approximate surface area is 106 Å². The topological polar surface area (TPSA) is 53.6 Å². The number of hydrazine groups is 1. The zero-order valence-corrected chi connectivity index (χ0v) is 12.2. The van der Waals surface area contributed by atoms with Crippen molar-refractivity contribution in [1.82, 2.24) is 15.8 Å². The summed E-state index contributed by atoms with van der Waals surface area (Å²) < 4.78 is 5.30. The summed E-state index contributed by atoms with van der Waals surface area (Å²) in [5, 5.41) is 0. The Kier molecular flexibility index (Phi) is 6.94. The summed E-state index contributed by atoms with van der Waals surface area (Å²) in [6, 6.07) is 0. The van der Waals surface area contributed by atoms with E-state index in [0.717, 1.165) is 0 Å². The summed E-state index contributed by atoms with van der Waals surface area (Å²) in [6.45, 7) is 8.69. The van der Waals surface area contributed by atoms with Crippen molar-refractivity contribution < 1.29 is 9.53 Å². The van der Waals surface area contributed by atoms with Gasteiger partial charge in [-0.3, -0.25) is 15.8 Å². The van der Waals surface area contributed by atoms with Gasteiger partial charge in [-0.05, 0) is 34.7 Å². The first-order valence-electron chi connectivity index (χ1n) is 5.31. The molecule has 1 atom stereocenters. The second-order valence-corrected chi connectivity index (χ2v) is 5.75. The Morgan fingerprint density at radius 2 is 2.06 bits per heavy atom. The summed E-state index contributed by atoms with van der Waals surface area (Å²) in [6.07, 6.45) is -0.310. The highest BCUT2D eigenvalue weighted by Crippen LogP contribution is 2.13. The van der Waals surface area contributed by atoms with E-state index in [1.165, 1.54) is 0 Å². The van der Waals surface area contributed by atoms with Crippen molar-refractivity contribution in [2.75, 3.05) is 20.1 Å². The molecule has 0 aromatic heterocycles. The largest absolute Gasteiger partial charge is 0.444 e. The van der Waals surface area contributed by atoms with Crippen molar-refractivity contribution >= 4 is 22.0 Å². The molecule has 0 rings (SSSR count). The number of rotatable bonds is 5. The van der Waals surface area contributed by atoms with Crippen LogP contribution in [0.25, 0.3) is 0 Å². The molecule has 1 amide bonds. The molecule has 0 saturated heterocycles. The van der Waals surface area contributed by atoms with Gasteiger partial charge in [0, 0.05) is 13.1 Å². The number of hydrogen-bond donors (Lipinski definition) is 2. The van der Waals surface area contributed by atoms with Gasteiger partial charge in [0.05, 0.1) is 4.95 Å². The van der Waals surface area contributed by atoms with Gasteiger partial charge in [0.1, 0.15) is 5.60 Å². The third-order valence-corrected chi connectivity index (χ3v) is 2.21. The molecule has 0 aromatic carbocycles. The van der Waals surface area contributed by atoms with Crippen LogP contribution in [-0.4, -0.2) is 41.7 Å². The molecule has 0 aliphatic heterocycles. The highest BCUT2D eigenvalue weighted by Gasteiger charge is 2.24. The number of nitrogens with one attached hydrogen (secondary N) is 2. The Hall–Kier alpha value is -0.330. The number of carbonyl (C=O) groups is 1. The van der Waals surface area contributed by atoms with Gasteiger partial charge >= 0.3 is 6.09 Å². The van der Waals surface area contributed by atoms with Crippen molar-refractivity contribution in [2.24, 2.45) is 0 Å². The molecule has 2 N–H and O–H groups in total. The standard InChI is InChI=1S/C10H22BrN3O2/c1-8(11)14(7-6-13-12-5)9(15)16-10(2,3)4/h8,12-13H,6-7H2,1-5H3. The second-order valence-electron chi connectivity index (χ2n) is 4.42. The smallest absolute Gasteiger partial charge is 0.411 e. The minimum atomic E-state index is -0.465. The molecule has 0 spiro atoms. The van der Waals surface area contributed by atoms with Crippen LogP contribution in [0.4, 0.5) is 4.79 Å². The molecule has 0 fully saturated rings. The van der Waals surface area contributed by atoms with E-state index in [2.05, 4.69) is 26.8 Å². The molecule has 0 aliphatic carbocycles. The van der Waals surface area contributed by atoms with Crippen LogP contribution in [-0.2, 0) is 4.74 Å². The summed E-state index contributed by atoms with van der Waals surface area (Å²) >= 11 is 3.38. The molecule has 16 heavy (non-hydrogen) atoms. The molecule has 0 aliphatic rings. The van der Waals surface area contributed by atoms with Crippen LogP contribution in [0.15, 0.2) is 0 Å². The summed E-state index contributed by atoms with van der Waals surface area (Å²) in [5.41, 5.74) is 5.27. The molecular weight excluding hydrogens is 274 g/mol. The van der Waals surface area contributed by atoms with Gasteiger partial charge in [-0.2, -0.15) is 0 Å². The molecule has 0 bridgehead atoms. The van der Waals surface area contributed by atoms with Crippen LogP contribution < -0.4 is 10.9 Å². The van der Waals surface area contributed by atoms with E-state index in [4.69, 9.17) is 4.74 Å². The first-order valence-corrected chi connectivity index (χ1v) is 6.23. The van der Waals surface area contributed by atoms with Gasteiger partial charge in [-0.1, -0.05) is 15.9 Å². The molecule has 0 saturated carbocycles. The summed E-state index contributed by atoms with van der Waals surface area (Å²) in [5.74, 6) is 0. The molecule has 96 valence electrons. The molecule has 0 aromatic rings. The van der Waals surface area contributed by atoms with Crippen molar-refractivity contribution in [3.05, 3.63) is 0 Å². The maximum Gasteiger partial charge on any atom is 0.411 e. The number of halogens is 1. The zero-order chi connectivity index (χ0) is 12.8. The molecule has 0 heterocycles. The summed E-state index contributed by atoms with van der Waals surface area (Å²) in [7, 11) is 1.79. The lowest BCUT2D eigenvalue weighted by Gasteiger charge is -2.29. The van der Waals surface area contributed by atoms with Gasteiger partial charge in [0.25, 0.3) is 0 Å². The lowest BCUT2D eigenvalue weighted by atomic mass is 10.2. The Bertz CT molecular complexity index is 217.